The number of carbonyl (C=O) groups excluding carboxylic acids is 2. The van der Waals surface area contributed by atoms with Crippen LogP contribution in [0.4, 0.5) is 11.4 Å². The normalized spacial score (nSPS) is 15.1. The highest BCUT2D eigenvalue weighted by molar-refractivity contribution is 6.09. The van der Waals surface area contributed by atoms with Crippen LogP contribution in [0.3, 0.4) is 0 Å². The van der Waals surface area contributed by atoms with Gasteiger partial charge in [0.2, 0.25) is 11.8 Å². The van der Waals surface area contributed by atoms with E-state index >= 15 is 0 Å². The fourth-order valence-corrected chi connectivity index (χ4v) is 3.11. The lowest BCUT2D eigenvalue weighted by Crippen LogP contribution is -2.48. The van der Waals surface area contributed by atoms with E-state index in [2.05, 4.69) is 34.3 Å². The van der Waals surface area contributed by atoms with Crippen LogP contribution in [0.25, 0.3) is 0 Å². The SMILES string of the molecule is CCN(CC)c1ccc(NC(=O)C(C)(C)C(=O)NCCN2CCOCC2)cc1. The Kier molecular flexibility index (Phi) is 8.26. The Hall–Kier alpha value is -2.12. The summed E-state index contributed by atoms with van der Waals surface area (Å²) in [4.78, 5) is 29.7. The van der Waals surface area contributed by atoms with Crippen molar-refractivity contribution < 1.29 is 14.3 Å². The lowest BCUT2D eigenvalue weighted by Gasteiger charge is -2.28. The van der Waals surface area contributed by atoms with Gasteiger partial charge in [-0.1, -0.05) is 0 Å². The molecule has 0 bridgehead atoms. The monoisotopic (exact) mass is 390 g/mol. The maximum atomic E-state index is 12.7. The van der Waals surface area contributed by atoms with Crippen molar-refractivity contribution in [2.45, 2.75) is 27.7 Å². The largest absolute Gasteiger partial charge is 0.379 e. The van der Waals surface area contributed by atoms with Gasteiger partial charge in [0, 0.05) is 50.6 Å². The number of amides is 2. The number of hydrogen-bond donors (Lipinski definition) is 2. The maximum absolute atomic E-state index is 12.7. The van der Waals surface area contributed by atoms with Crippen LogP contribution in [0.2, 0.25) is 0 Å². The minimum Gasteiger partial charge on any atom is -0.379 e. The van der Waals surface area contributed by atoms with E-state index in [0.717, 1.165) is 51.6 Å². The van der Waals surface area contributed by atoms with E-state index in [0.29, 0.717) is 12.2 Å². The molecular weight excluding hydrogens is 356 g/mol. The second-order valence-electron chi connectivity index (χ2n) is 7.51. The van der Waals surface area contributed by atoms with Crippen molar-refractivity contribution in [3.05, 3.63) is 24.3 Å². The van der Waals surface area contributed by atoms with Gasteiger partial charge in [0.25, 0.3) is 0 Å². The molecule has 0 unspecified atom stereocenters. The van der Waals surface area contributed by atoms with Crippen molar-refractivity contribution in [1.29, 1.82) is 0 Å². The van der Waals surface area contributed by atoms with Gasteiger partial charge >= 0.3 is 0 Å². The molecule has 1 aliphatic rings. The predicted octanol–water partition coefficient (Wildman–Crippen LogP) is 1.95. The second kappa shape index (κ2) is 10.4. The molecule has 1 aliphatic heterocycles. The molecule has 1 fully saturated rings. The zero-order valence-electron chi connectivity index (χ0n) is 17.6. The summed E-state index contributed by atoms with van der Waals surface area (Å²) in [5, 5.41) is 5.75. The molecule has 2 N–H and O–H groups in total. The van der Waals surface area contributed by atoms with Crippen molar-refractivity contribution in [1.82, 2.24) is 10.2 Å². The highest BCUT2D eigenvalue weighted by atomic mass is 16.5. The Balaban J connectivity index is 1.85. The molecule has 0 radical (unpaired) electrons. The Morgan fingerprint density at radius 3 is 2.25 bits per heavy atom. The van der Waals surface area contributed by atoms with Crippen molar-refractivity contribution in [2.75, 3.05) is 62.7 Å². The second-order valence-corrected chi connectivity index (χ2v) is 7.51. The third-order valence-electron chi connectivity index (χ3n) is 5.21. The quantitative estimate of drug-likeness (QED) is 0.631. The summed E-state index contributed by atoms with van der Waals surface area (Å²) in [5.74, 6) is -0.579. The average Bonchev–Trinajstić information content (AvgIpc) is 2.70. The minimum absolute atomic E-state index is 0.266. The molecule has 7 nitrogen and oxygen atoms in total. The minimum atomic E-state index is -1.15. The van der Waals surface area contributed by atoms with Crippen molar-refractivity contribution in [3.63, 3.8) is 0 Å². The van der Waals surface area contributed by atoms with E-state index in [9.17, 15) is 9.59 Å². The molecule has 156 valence electrons. The van der Waals surface area contributed by atoms with Gasteiger partial charge in [-0.15, -0.1) is 0 Å². The van der Waals surface area contributed by atoms with Crippen LogP contribution in [-0.4, -0.2) is 69.2 Å². The van der Waals surface area contributed by atoms with Crippen molar-refractivity contribution in [3.8, 4) is 0 Å². The van der Waals surface area contributed by atoms with Crippen LogP contribution in [0, 0.1) is 5.41 Å². The number of benzene rings is 1. The fourth-order valence-electron chi connectivity index (χ4n) is 3.11. The summed E-state index contributed by atoms with van der Waals surface area (Å²) < 4.78 is 5.32. The summed E-state index contributed by atoms with van der Waals surface area (Å²) in [6, 6.07) is 7.71. The van der Waals surface area contributed by atoms with Gasteiger partial charge in [-0.25, -0.2) is 0 Å². The van der Waals surface area contributed by atoms with Crippen molar-refractivity contribution >= 4 is 23.2 Å². The zero-order chi connectivity index (χ0) is 20.6. The summed E-state index contributed by atoms with van der Waals surface area (Å²) in [6.45, 7) is 13.9. The first-order valence-corrected chi connectivity index (χ1v) is 10.1. The van der Waals surface area contributed by atoms with Gasteiger partial charge in [-0.2, -0.15) is 0 Å². The first-order chi connectivity index (χ1) is 13.4. The summed E-state index contributed by atoms with van der Waals surface area (Å²) in [5.41, 5.74) is 0.654. The molecule has 0 atom stereocenters. The Morgan fingerprint density at radius 2 is 1.68 bits per heavy atom. The molecule has 2 rings (SSSR count). The van der Waals surface area contributed by atoms with Gasteiger partial charge < -0.3 is 20.3 Å². The van der Waals surface area contributed by atoms with Crippen LogP contribution >= 0.6 is 0 Å². The van der Waals surface area contributed by atoms with E-state index < -0.39 is 5.41 Å². The predicted molar refractivity (Wildman–Crippen MR) is 113 cm³/mol. The number of morpholine rings is 1. The number of anilines is 2. The number of nitrogens with one attached hydrogen (secondary N) is 2. The topological polar surface area (TPSA) is 73.9 Å². The molecule has 0 saturated carbocycles. The summed E-state index contributed by atoms with van der Waals surface area (Å²) in [7, 11) is 0. The number of hydrogen-bond acceptors (Lipinski definition) is 5. The summed E-state index contributed by atoms with van der Waals surface area (Å²) in [6.07, 6.45) is 0. The molecule has 1 aromatic rings. The number of nitrogens with zero attached hydrogens (tertiary/aromatic N) is 2. The van der Waals surface area contributed by atoms with Gasteiger partial charge in [0.15, 0.2) is 0 Å². The molecule has 1 aromatic carbocycles. The smallest absolute Gasteiger partial charge is 0.239 e. The van der Waals surface area contributed by atoms with Crippen LogP contribution in [0.15, 0.2) is 24.3 Å². The average molecular weight is 391 g/mol. The molecule has 0 aliphatic carbocycles. The highest BCUT2D eigenvalue weighted by Gasteiger charge is 2.36. The number of rotatable bonds is 9. The van der Waals surface area contributed by atoms with E-state index in [1.165, 1.54) is 0 Å². The van der Waals surface area contributed by atoms with E-state index in [4.69, 9.17) is 4.74 Å². The molecule has 1 saturated heterocycles. The van der Waals surface area contributed by atoms with Crippen LogP contribution in [-0.2, 0) is 14.3 Å². The standard InChI is InChI=1S/C21H34N4O3/c1-5-25(6-2)18-9-7-17(8-10-18)23-20(27)21(3,4)19(26)22-11-12-24-13-15-28-16-14-24/h7-10H,5-6,11-16H2,1-4H3,(H,22,26)(H,23,27). The van der Waals surface area contributed by atoms with Gasteiger partial charge in [0.1, 0.15) is 5.41 Å². The highest BCUT2D eigenvalue weighted by Crippen LogP contribution is 2.21. The molecule has 2 amide bonds. The first-order valence-electron chi connectivity index (χ1n) is 10.1. The Bertz CT molecular complexity index is 636. The Labute approximate surface area is 168 Å². The number of ether oxygens (including phenoxy) is 1. The van der Waals surface area contributed by atoms with Gasteiger partial charge in [-0.05, 0) is 52.0 Å². The summed E-state index contributed by atoms with van der Waals surface area (Å²) >= 11 is 0. The van der Waals surface area contributed by atoms with Crippen LogP contribution < -0.4 is 15.5 Å². The molecular formula is C21H34N4O3. The lowest BCUT2D eigenvalue weighted by atomic mass is 9.91. The van der Waals surface area contributed by atoms with Crippen molar-refractivity contribution in [2.24, 2.45) is 5.41 Å². The van der Waals surface area contributed by atoms with E-state index in [-0.39, 0.29) is 11.8 Å². The zero-order valence-corrected chi connectivity index (χ0v) is 17.6. The number of carbonyl (C=O) groups is 2. The third kappa shape index (κ3) is 5.94. The van der Waals surface area contributed by atoms with E-state index in [1.54, 1.807) is 13.8 Å². The molecule has 28 heavy (non-hydrogen) atoms. The molecule has 0 aromatic heterocycles. The first kappa shape index (κ1) is 22.2. The van der Waals surface area contributed by atoms with Crippen LogP contribution in [0.5, 0.6) is 0 Å². The van der Waals surface area contributed by atoms with Gasteiger partial charge in [0.05, 0.1) is 13.2 Å². The molecule has 1 heterocycles. The van der Waals surface area contributed by atoms with E-state index in [1.807, 2.05) is 24.3 Å². The third-order valence-corrected chi connectivity index (χ3v) is 5.21. The Morgan fingerprint density at radius 1 is 1.07 bits per heavy atom. The van der Waals surface area contributed by atoms with Gasteiger partial charge in [-0.3, -0.25) is 14.5 Å². The fraction of sp³-hybridized carbons (Fsp3) is 0.619. The maximum Gasteiger partial charge on any atom is 0.239 e. The molecule has 0 spiro atoms. The van der Waals surface area contributed by atoms with Crippen LogP contribution in [0.1, 0.15) is 27.7 Å². The lowest BCUT2D eigenvalue weighted by molar-refractivity contribution is -0.138. The molecule has 7 heteroatoms.